The first-order chi connectivity index (χ1) is 15.4. The minimum absolute atomic E-state index is 0.117. The van der Waals surface area contributed by atoms with Crippen LogP contribution in [0.1, 0.15) is 40.7 Å². The summed E-state index contributed by atoms with van der Waals surface area (Å²) in [5.41, 5.74) is 3.48. The minimum Gasteiger partial charge on any atom is -0.377 e. The van der Waals surface area contributed by atoms with Gasteiger partial charge in [0.25, 0.3) is 5.91 Å². The lowest BCUT2D eigenvalue weighted by Crippen LogP contribution is -2.26. The molecular formula is C26H28FN3O2. The van der Waals surface area contributed by atoms with Crippen molar-refractivity contribution in [2.75, 3.05) is 24.3 Å². The van der Waals surface area contributed by atoms with Crippen molar-refractivity contribution in [2.24, 2.45) is 0 Å². The average molecular weight is 434 g/mol. The normalized spacial score (nSPS) is 11.5. The number of hydrogen-bond acceptors (Lipinski definition) is 3. The van der Waals surface area contributed by atoms with Crippen LogP contribution >= 0.6 is 0 Å². The van der Waals surface area contributed by atoms with E-state index in [9.17, 15) is 14.0 Å². The van der Waals surface area contributed by atoms with Gasteiger partial charge in [0, 0.05) is 32.0 Å². The van der Waals surface area contributed by atoms with Gasteiger partial charge in [0.15, 0.2) is 0 Å². The van der Waals surface area contributed by atoms with E-state index in [1.807, 2.05) is 62.3 Å². The van der Waals surface area contributed by atoms with Crippen LogP contribution in [-0.4, -0.2) is 25.9 Å². The predicted molar refractivity (Wildman–Crippen MR) is 126 cm³/mol. The fraction of sp³-hybridized carbons (Fsp3) is 0.231. The highest BCUT2D eigenvalue weighted by Gasteiger charge is 2.20. The van der Waals surface area contributed by atoms with Crippen molar-refractivity contribution in [3.8, 4) is 0 Å². The largest absolute Gasteiger partial charge is 0.377 e. The third kappa shape index (κ3) is 5.72. The zero-order valence-corrected chi connectivity index (χ0v) is 18.6. The van der Waals surface area contributed by atoms with Crippen molar-refractivity contribution in [3.63, 3.8) is 0 Å². The number of nitrogens with one attached hydrogen (secondary N) is 2. The highest BCUT2D eigenvalue weighted by atomic mass is 19.1. The molecule has 0 aliphatic rings. The fourth-order valence-electron chi connectivity index (χ4n) is 3.55. The molecule has 3 rings (SSSR count). The summed E-state index contributed by atoms with van der Waals surface area (Å²) in [7, 11) is 3.71. The van der Waals surface area contributed by atoms with Gasteiger partial charge in [-0.2, -0.15) is 0 Å². The lowest BCUT2D eigenvalue weighted by molar-refractivity contribution is -0.117. The Balaban J connectivity index is 1.78. The second-order valence-electron chi connectivity index (χ2n) is 7.80. The molecule has 166 valence electrons. The molecule has 6 heteroatoms. The number of anilines is 2. The van der Waals surface area contributed by atoms with Crippen molar-refractivity contribution >= 4 is 23.2 Å². The van der Waals surface area contributed by atoms with E-state index in [0.29, 0.717) is 17.7 Å². The molecule has 0 saturated carbocycles. The van der Waals surface area contributed by atoms with Crippen LogP contribution in [0.15, 0.2) is 72.8 Å². The molecule has 2 N–H and O–H groups in total. The molecule has 3 aromatic carbocycles. The van der Waals surface area contributed by atoms with Gasteiger partial charge in [-0.3, -0.25) is 9.59 Å². The number of hydrogen-bond donors (Lipinski definition) is 2. The Labute approximate surface area is 188 Å². The first kappa shape index (κ1) is 23.0. The number of carbonyl (C=O) groups excluding carboxylic acids is 2. The summed E-state index contributed by atoms with van der Waals surface area (Å²) in [6.07, 6.45) is 0.663. The molecule has 2 amide bonds. The number of benzene rings is 3. The Morgan fingerprint density at radius 3 is 2.28 bits per heavy atom. The summed E-state index contributed by atoms with van der Waals surface area (Å²) >= 11 is 0. The Bertz CT molecular complexity index is 1070. The standard InChI is InChI=1S/C26H28FN3O2/c1-4-22(19-8-6-5-7-9-19)26(32)29-21-14-15-24(30(2)3)23(16-21)25(31)28-17-18-10-12-20(27)13-11-18/h5-16,22H,4,17H2,1-3H3,(H,28,31)(H,29,32). The van der Waals surface area contributed by atoms with E-state index in [2.05, 4.69) is 10.6 Å². The Hall–Kier alpha value is -3.67. The van der Waals surface area contributed by atoms with Crippen LogP contribution in [0.2, 0.25) is 0 Å². The maximum absolute atomic E-state index is 13.1. The van der Waals surface area contributed by atoms with Crippen molar-refractivity contribution in [1.82, 2.24) is 5.32 Å². The number of amides is 2. The molecule has 0 heterocycles. The summed E-state index contributed by atoms with van der Waals surface area (Å²) in [5.74, 6) is -0.988. The van der Waals surface area contributed by atoms with E-state index in [4.69, 9.17) is 0 Å². The molecule has 1 atom stereocenters. The minimum atomic E-state index is -0.320. The van der Waals surface area contributed by atoms with E-state index in [1.165, 1.54) is 12.1 Å². The maximum Gasteiger partial charge on any atom is 0.253 e. The van der Waals surface area contributed by atoms with Gasteiger partial charge in [0.1, 0.15) is 5.82 Å². The van der Waals surface area contributed by atoms with E-state index in [0.717, 1.165) is 16.8 Å². The summed E-state index contributed by atoms with van der Waals surface area (Å²) in [6, 6.07) is 20.9. The second kappa shape index (κ2) is 10.6. The molecule has 0 fully saturated rings. The molecule has 0 aliphatic heterocycles. The lowest BCUT2D eigenvalue weighted by Gasteiger charge is -2.20. The molecule has 0 spiro atoms. The summed E-state index contributed by atoms with van der Waals surface area (Å²) in [4.78, 5) is 27.7. The zero-order chi connectivity index (χ0) is 23.1. The van der Waals surface area contributed by atoms with Crippen molar-refractivity contribution in [1.29, 1.82) is 0 Å². The highest BCUT2D eigenvalue weighted by molar-refractivity contribution is 6.02. The van der Waals surface area contributed by atoms with E-state index in [-0.39, 0.29) is 30.1 Å². The average Bonchev–Trinajstić information content (AvgIpc) is 2.79. The van der Waals surface area contributed by atoms with Crippen LogP contribution in [0.25, 0.3) is 0 Å². The SMILES string of the molecule is CCC(C(=O)Nc1ccc(N(C)C)c(C(=O)NCc2ccc(F)cc2)c1)c1ccccc1. The predicted octanol–water partition coefficient (Wildman–Crippen LogP) is 4.95. The molecule has 0 aromatic heterocycles. The topological polar surface area (TPSA) is 61.4 Å². The van der Waals surface area contributed by atoms with Gasteiger partial charge in [0.05, 0.1) is 11.5 Å². The van der Waals surface area contributed by atoms with Crippen LogP contribution in [0.5, 0.6) is 0 Å². The van der Waals surface area contributed by atoms with Crippen molar-refractivity contribution < 1.29 is 14.0 Å². The number of rotatable bonds is 8. The first-order valence-corrected chi connectivity index (χ1v) is 10.6. The Kier molecular flexibility index (Phi) is 7.60. The molecule has 0 saturated heterocycles. The van der Waals surface area contributed by atoms with Gasteiger partial charge < -0.3 is 15.5 Å². The molecule has 0 bridgehead atoms. The number of carbonyl (C=O) groups is 2. The van der Waals surface area contributed by atoms with Crippen molar-refractivity contribution in [2.45, 2.75) is 25.8 Å². The second-order valence-corrected chi connectivity index (χ2v) is 7.80. The number of nitrogens with zero attached hydrogens (tertiary/aromatic N) is 1. The molecular weight excluding hydrogens is 405 g/mol. The summed E-state index contributed by atoms with van der Waals surface area (Å²) in [6.45, 7) is 2.25. The molecule has 0 radical (unpaired) electrons. The molecule has 1 unspecified atom stereocenters. The third-order valence-corrected chi connectivity index (χ3v) is 5.28. The lowest BCUT2D eigenvalue weighted by atomic mass is 9.95. The van der Waals surface area contributed by atoms with Gasteiger partial charge in [0.2, 0.25) is 5.91 Å². The third-order valence-electron chi connectivity index (χ3n) is 5.28. The molecule has 3 aromatic rings. The van der Waals surface area contributed by atoms with E-state index in [1.54, 1.807) is 24.3 Å². The van der Waals surface area contributed by atoms with Crippen LogP contribution in [-0.2, 0) is 11.3 Å². The van der Waals surface area contributed by atoms with E-state index < -0.39 is 0 Å². The molecule has 0 aliphatic carbocycles. The maximum atomic E-state index is 13.1. The smallest absolute Gasteiger partial charge is 0.253 e. The fourth-order valence-corrected chi connectivity index (χ4v) is 3.55. The molecule has 32 heavy (non-hydrogen) atoms. The Morgan fingerprint density at radius 2 is 1.66 bits per heavy atom. The van der Waals surface area contributed by atoms with Crippen molar-refractivity contribution in [3.05, 3.63) is 95.3 Å². The summed E-state index contributed by atoms with van der Waals surface area (Å²) < 4.78 is 13.1. The zero-order valence-electron chi connectivity index (χ0n) is 18.6. The van der Waals surface area contributed by atoms with Crippen LogP contribution in [0.4, 0.5) is 15.8 Å². The van der Waals surface area contributed by atoms with Gasteiger partial charge in [-0.1, -0.05) is 49.4 Å². The Morgan fingerprint density at radius 1 is 0.969 bits per heavy atom. The van der Waals surface area contributed by atoms with Crippen LogP contribution < -0.4 is 15.5 Å². The van der Waals surface area contributed by atoms with E-state index >= 15 is 0 Å². The van der Waals surface area contributed by atoms with Gasteiger partial charge in [-0.05, 0) is 47.9 Å². The summed E-state index contributed by atoms with van der Waals surface area (Å²) in [5, 5.41) is 5.82. The van der Waals surface area contributed by atoms with Crippen LogP contribution in [0, 0.1) is 5.82 Å². The highest BCUT2D eigenvalue weighted by Crippen LogP contribution is 2.26. The quantitative estimate of drug-likeness (QED) is 0.528. The molecule has 5 nitrogen and oxygen atoms in total. The number of halogens is 1. The van der Waals surface area contributed by atoms with Crippen LogP contribution in [0.3, 0.4) is 0 Å². The van der Waals surface area contributed by atoms with Gasteiger partial charge >= 0.3 is 0 Å². The van der Waals surface area contributed by atoms with Gasteiger partial charge in [-0.15, -0.1) is 0 Å². The van der Waals surface area contributed by atoms with Gasteiger partial charge in [-0.25, -0.2) is 4.39 Å². The first-order valence-electron chi connectivity index (χ1n) is 10.6. The monoisotopic (exact) mass is 433 g/mol.